The second-order valence-corrected chi connectivity index (χ2v) is 5.74. The Hall–Kier alpha value is 0. The van der Waals surface area contributed by atoms with Gasteiger partial charge in [-0.3, -0.25) is 0 Å². The van der Waals surface area contributed by atoms with Crippen LogP contribution in [0.3, 0.4) is 0 Å². The zero-order chi connectivity index (χ0) is 12.4. The Labute approximate surface area is 104 Å². The lowest BCUT2D eigenvalue weighted by atomic mass is 9.68. The first-order valence-electron chi connectivity index (χ1n) is 7.64. The number of hydrogen-bond donors (Lipinski definition) is 0. The highest BCUT2D eigenvalue weighted by Gasteiger charge is 2.30. The minimum absolute atomic E-state index is 0.612. The Kier molecular flexibility index (Phi) is 9.07. The summed E-state index contributed by atoms with van der Waals surface area (Å²) in [5.74, 6) is 0.962. The molecule has 0 amide bonds. The summed E-state index contributed by atoms with van der Waals surface area (Å²) < 4.78 is 0. The number of hydrogen-bond acceptors (Lipinski definition) is 0. The Morgan fingerprint density at radius 2 is 1.38 bits per heavy atom. The quantitative estimate of drug-likeness (QED) is 0.389. The number of unbranched alkanes of at least 4 members (excludes halogenated alkanes) is 2. The SMILES string of the molecule is CCCCCC(C)(CC)C(CCC)CCC. The summed E-state index contributed by atoms with van der Waals surface area (Å²) >= 11 is 0. The summed E-state index contributed by atoms with van der Waals surface area (Å²) in [5.41, 5.74) is 0.612. The molecule has 0 fully saturated rings. The Morgan fingerprint density at radius 1 is 0.812 bits per heavy atom. The van der Waals surface area contributed by atoms with Gasteiger partial charge >= 0.3 is 0 Å². The topological polar surface area (TPSA) is 0 Å². The molecular formula is C16H34. The summed E-state index contributed by atoms with van der Waals surface area (Å²) in [6, 6.07) is 0. The van der Waals surface area contributed by atoms with E-state index in [1.54, 1.807) is 0 Å². The van der Waals surface area contributed by atoms with E-state index in [9.17, 15) is 0 Å². The zero-order valence-electron chi connectivity index (χ0n) is 12.4. The molecule has 0 heteroatoms. The van der Waals surface area contributed by atoms with Gasteiger partial charge in [0.25, 0.3) is 0 Å². The van der Waals surface area contributed by atoms with Gasteiger partial charge in [0.05, 0.1) is 0 Å². The maximum absolute atomic E-state index is 2.54. The molecule has 0 aliphatic heterocycles. The molecule has 0 radical (unpaired) electrons. The van der Waals surface area contributed by atoms with Crippen molar-refractivity contribution in [1.29, 1.82) is 0 Å². The highest BCUT2D eigenvalue weighted by atomic mass is 14.4. The average molecular weight is 226 g/mol. The molecule has 0 spiro atoms. The summed E-state index contributed by atoms with van der Waals surface area (Å²) in [5, 5.41) is 0. The molecule has 98 valence electrons. The van der Waals surface area contributed by atoms with Crippen LogP contribution in [0.25, 0.3) is 0 Å². The van der Waals surface area contributed by atoms with Gasteiger partial charge in [0.1, 0.15) is 0 Å². The van der Waals surface area contributed by atoms with Crippen LogP contribution in [0.5, 0.6) is 0 Å². The van der Waals surface area contributed by atoms with Gasteiger partial charge in [-0.15, -0.1) is 0 Å². The van der Waals surface area contributed by atoms with Crippen molar-refractivity contribution in [2.24, 2.45) is 11.3 Å². The van der Waals surface area contributed by atoms with Gasteiger partial charge < -0.3 is 0 Å². The standard InChI is InChI=1S/C16H34/c1-6-10-11-14-16(5,9-4)15(12-7-2)13-8-3/h15H,6-14H2,1-5H3. The maximum Gasteiger partial charge on any atom is -0.0300 e. The van der Waals surface area contributed by atoms with Crippen molar-refractivity contribution in [3.05, 3.63) is 0 Å². The first-order valence-corrected chi connectivity index (χ1v) is 7.64. The van der Waals surface area contributed by atoms with E-state index >= 15 is 0 Å². The normalized spacial score (nSPS) is 15.4. The fourth-order valence-corrected chi connectivity index (χ4v) is 2.99. The molecule has 1 atom stereocenters. The molecule has 0 aromatic rings. The Bertz CT molecular complexity index is 144. The minimum atomic E-state index is 0.612. The molecule has 0 aromatic heterocycles. The second kappa shape index (κ2) is 9.07. The van der Waals surface area contributed by atoms with E-state index in [2.05, 4.69) is 34.6 Å². The van der Waals surface area contributed by atoms with Crippen molar-refractivity contribution in [1.82, 2.24) is 0 Å². The average Bonchev–Trinajstić information content (AvgIpc) is 2.29. The fourth-order valence-electron chi connectivity index (χ4n) is 2.99. The van der Waals surface area contributed by atoms with E-state index in [1.165, 1.54) is 57.8 Å². The van der Waals surface area contributed by atoms with Gasteiger partial charge in [-0.1, -0.05) is 86.0 Å². The molecular weight excluding hydrogens is 192 g/mol. The second-order valence-electron chi connectivity index (χ2n) is 5.74. The van der Waals surface area contributed by atoms with E-state index in [0.717, 1.165) is 5.92 Å². The van der Waals surface area contributed by atoms with Gasteiger partial charge in [-0.2, -0.15) is 0 Å². The van der Waals surface area contributed by atoms with E-state index in [4.69, 9.17) is 0 Å². The molecule has 0 aliphatic carbocycles. The largest absolute Gasteiger partial charge is 0.0654 e. The van der Waals surface area contributed by atoms with E-state index in [-0.39, 0.29) is 0 Å². The molecule has 0 nitrogen and oxygen atoms in total. The third-order valence-corrected chi connectivity index (χ3v) is 4.42. The van der Waals surface area contributed by atoms with Gasteiger partial charge in [-0.05, 0) is 17.8 Å². The van der Waals surface area contributed by atoms with E-state index < -0.39 is 0 Å². The van der Waals surface area contributed by atoms with Gasteiger partial charge in [0, 0.05) is 0 Å². The molecule has 1 unspecified atom stereocenters. The third kappa shape index (κ3) is 5.37. The van der Waals surface area contributed by atoms with Gasteiger partial charge in [0.15, 0.2) is 0 Å². The molecule has 16 heavy (non-hydrogen) atoms. The van der Waals surface area contributed by atoms with Crippen molar-refractivity contribution < 1.29 is 0 Å². The van der Waals surface area contributed by atoms with Gasteiger partial charge in [0.2, 0.25) is 0 Å². The molecule has 0 N–H and O–H groups in total. The predicted octanol–water partition coefficient (Wildman–Crippen LogP) is 6.20. The van der Waals surface area contributed by atoms with Crippen molar-refractivity contribution in [3.8, 4) is 0 Å². The molecule has 0 heterocycles. The summed E-state index contributed by atoms with van der Waals surface area (Å²) in [7, 11) is 0. The van der Waals surface area contributed by atoms with Crippen molar-refractivity contribution in [2.45, 2.75) is 92.4 Å². The molecule has 0 rings (SSSR count). The highest BCUT2D eigenvalue weighted by Crippen LogP contribution is 2.41. The lowest BCUT2D eigenvalue weighted by Crippen LogP contribution is -2.27. The first-order chi connectivity index (χ1) is 7.64. The fraction of sp³-hybridized carbons (Fsp3) is 1.00. The van der Waals surface area contributed by atoms with Crippen LogP contribution in [0, 0.1) is 11.3 Å². The van der Waals surface area contributed by atoms with Gasteiger partial charge in [-0.25, -0.2) is 0 Å². The van der Waals surface area contributed by atoms with Crippen LogP contribution >= 0.6 is 0 Å². The van der Waals surface area contributed by atoms with E-state index in [1.807, 2.05) is 0 Å². The highest BCUT2D eigenvalue weighted by molar-refractivity contribution is 4.81. The summed E-state index contributed by atoms with van der Waals surface area (Å²) in [6.45, 7) is 11.9. The van der Waals surface area contributed by atoms with Crippen LogP contribution in [-0.4, -0.2) is 0 Å². The van der Waals surface area contributed by atoms with Crippen LogP contribution in [0.15, 0.2) is 0 Å². The van der Waals surface area contributed by atoms with Crippen LogP contribution in [0.4, 0.5) is 0 Å². The molecule has 0 saturated carbocycles. The van der Waals surface area contributed by atoms with Crippen molar-refractivity contribution in [3.63, 3.8) is 0 Å². The summed E-state index contributed by atoms with van der Waals surface area (Å²) in [4.78, 5) is 0. The molecule has 0 aromatic carbocycles. The van der Waals surface area contributed by atoms with Crippen molar-refractivity contribution in [2.75, 3.05) is 0 Å². The molecule has 0 aliphatic rings. The minimum Gasteiger partial charge on any atom is -0.0654 e. The van der Waals surface area contributed by atoms with Crippen LogP contribution in [0.1, 0.15) is 92.4 Å². The number of rotatable bonds is 10. The Balaban J connectivity index is 4.33. The first kappa shape index (κ1) is 16.0. The van der Waals surface area contributed by atoms with Crippen molar-refractivity contribution >= 4 is 0 Å². The lowest BCUT2D eigenvalue weighted by molar-refractivity contribution is 0.134. The third-order valence-electron chi connectivity index (χ3n) is 4.42. The maximum atomic E-state index is 2.54. The van der Waals surface area contributed by atoms with Crippen LogP contribution in [0.2, 0.25) is 0 Å². The van der Waals surface area contributed by atoms with Crippen LogP contribution < -0.4 is 0 Å². The predicted molar refractivity (Wildman–Crippen MR) is 75.8 cm³/mol. The summed E-state index contributed by atoms with van der Waals surface area (Å²) in [6.07, 6.45) is 12.6. The Morgan fingerprint density at radius 3 is 1.75 bits per heavy atom. The van der Waals surface area contributed by atoms with Crippen LogP contribution in [-0.2, 0) is 0 Å². The lowest BCUT2D eigenvalue weighted by Gasteiger charge is -2.37. The smallest absolute Gasteiger partial charge is 0.0300 e. The molecule has 0 saturated heterocycles. The zero-order valence-corrected chi connectivity index (χ0v) is 12.4. The van der Waals surface area contributed by atoms with E-state index in [0.29, 0.717) is 5.41 Å². The molecule has 0 bridgehead atoms. The monoisotopic (exact) mass is 226 g/mol.